The summed E-state index contributed by atoms with van der Waals surface area (Å²) in [6, 6.07) is 5.78. The van der Waals surface area contributed by atoms with E-state index in [1.165, 1.54) is 23.9 Å². The topological polar surface area (TPSA) is 70.1 Å². The molecule has 2 N–H and O–H groups in total. The summed E-state index contributed by atoms with van der Waals surface area (Å²) in [5.41, 5.74) is 7.70. The van der Waals surface area contributed by atoms with Crippen LogP contribution in [0.3, 0.4) is 0 Å². The molecule has 0 saturated heterocycles. The third-order valence-electron chi connectivity index (χ3n) is 3.39. The number of methoxy groups -OCH3 is 1. The molecule has 0 radical (unpaired) electrons. The lowest BCUT2D eigenvalue weighted by atomic mass is 10.1. The van der Waals surface area contributed by atoms with Crippen molar-refractivity contribution < 1.29 is 13.9 Å². The number of aromatic nitrogens is 2. The Bertz CT molecular complexity index is 660. The Balaban J connectivity index is 2.12. The van der Waals surface area contributed by atoms with Gasteiger partial charge >= 0.3 is 5.97 Å². The first-order valence-corrected chi connectivity index (χ1v) is 6.34. The van der Waals surface area contributed by atoms with Crippen molar-refractivity contribution in [3.8, 4) is 5.69 Å². The van der Waals surface area contributed by atoms with Gasteiger partial charge in [-0.05, 0) is 43.0 Å². The molecule has 104 valence electrons. The van der Waals surface area contributed by atoms with Crippen molar-refractivity contribution in [2.45, 2.75) is 18.8 Å². The maximum atomic E-state index is 13.0. The molecule has 20 heavy (non-hydrogen) atoms. The van der Waals surface area contributed by atoms with E-state index in [0.29, 0.717) is 11.5 Å². The van der Waals surface area contributed by atoms with Crippen LogP contribution in [0.15, 0.2) is 24.3 Å². The van der Waals surface area contributed by atoms with Crippen molar-refractivity contribution in [2.24, 2.45) is 0 Å². The number of hydrogen-bond donors (Lipinski definition) is 1. The Morgan fingerprint density at radius 1 is 1.40 bits per heavy atom. The molecule has 0 bridgehead atoms. The molecule has 3 rings (SSSR count). The average molecular weight is 275 g/mol. The number of nitrogens with zero attached hydrogens (tertiary/aromatic N) is 2. The zero-order chi connectivity index (χ0) is 14.3. The van der Waals surface area contributed by atoms with Crippen LogP contribution >= 0.6 is 0 Å². The second-order valence-corrected chi connectivity index (χ2v) is 4.80. The van der Waals surface area contributed by atoms with Crippen molar-refractivity contribution in [1.82, 2.24) is 9.78 Å². The molecule has 5 nitrogen and oxygen atoms in total. The number of nitrogen functional groups attached to an aromatic ring is 1. The van der Waals surface area contributed by atoms with E-state index in [1.54, 1.807) is 12.1 Å². The van der Waals surface area contributed by atoms with Crippen molar-refractivity contribution in [2.75, 3.05) is 12.8 Å². The van der Waals surface area contributed by atoms with E-state index in [-0.39, 0.29) is 17.4 Å². The summed E-state index contributed by atoms with van der Waals surface area (Å²) >= 11 is 0. The largest absolute Gasteiger partial charge is 0.464 e. The normalized spacial score (nSPS) is 14.3. The molecule has 0 unspecified atom stereocenters. The first kappa shape index (κ1) is 12.7. The van der Waals surface area contributed by atoms with Gasteiger partial charge in [-0.3, -0.25) is 0 Å². The standard InChI is InChI=1S/C14H14FN3O2/c1-20-14(19)12-11(8-2-3-8)13(16)18(17-12)10-6-4-9(15)5-7-10/h4-8H,2-3,16H2,1H3. The van der Waals surface area contributed by atoms with E-state index >= 15 is 0 Å². The van der Waals surface area contributed by atoms with Gasteiger partial charge in [-0.2, -0.15) is 5.10 Å². The fraction of sp³-hybridized carbons (Fsp3) is 0.286. The number of ether oxygens (including phenoxy) is 1. The smallest absolute Gasteiger partial charge is 0.358 e. The summed E-state index contributed by atoms with van der Waals surface area (Å²) in [5.74, 6) is -0.160. The fourth-order valence-electron chi connectivity index (χ4n) is 2.24. The predicted octanol–water partition coefficient (Wildman–Crippen LogP) is 2.26. The van der Waals surface area contributed by atoms with Gasteiger partial charge in [0.25, 0.3) is 0 Å². The minimum absolute atomic E-state index is 0.247. The van der Waals surface area contributed by atoms with Gasteiger partial charge in [0.2, 0.25) is 0 Å². The Morgan fingerprint density at radius 3 is 2.60 bits per heavy atom. The maximum absolute atomic E-state index is 13.0. The van der Waals surface area contributed by atoms with Crippen LogP contribution in [0.5, 0.6) is 0 Å². The Kier molecular flexibility index (Phi) is 2.93. The molecular formula is C14H14FN3O2. The van der Waals surface area contributed by atoms with Gasteiger partial charge in [0, 0.05) is 5.56 Å². The van der Waals surface area contributed by atoms with Crippen LogP contribution in [0.1, 0.15) is 34.8 Å². The van der Waals surface area contributed by atoms with E-state index in [1.807, 2.05) is 0 Å². The van der Waals surface area contributed by atoms with Gasteiger partial charge in [0.15, 0.2) is 5.69 Å². The van der Waals surface area contributed by atoms with Crippen LogP contribution in [-0.4, -0.2) is 22.9 Å². The van der Waals surface area contributed by atoms with Gasteiger partial charge < -0.3 is 10.5 Å². The Labute approximate surface area is 115 Å². The second-order valence-electron chi connectivity index (χ2n) is 4.80. The number of rotatable bonds is 3. The van der Waals surface area contributed by atoms with Gasteiger partial charge in [0.1, 0.15) is 11.6 Å². The molecule has 1 heterocycles. The summed E-state index contributed by atoms with van der Waals surface area (Å²) in [4.78, 5) is 11.8. The first-order chi connectivity index (χ1) is 9.61. The molecule has 1 saturated carbocycles. The van der Waals surface area contributed by atoms with E-state index in [2.05, 4.69) is 5.10 Å². The third-order valence-corrected chi connectivity index (χ3v) is 3.39. The zero-order valence-corrected chi connectivity index (χ0v) is 11.0. The summed E-state index contributed by atoms with van der Waals surface area (Å²) in [7, 11) is 1.31. The number of nitrogens with two attached hydrogens (primary N) is 1. The number of anilines is 1. The maximum Gasteiger partial charge on any atom is 0.358 e. The minimum atomic E-state index is -0.500. The first-order valence-electron chi connectivity index (χ1n) is 6.34. The van der Waals surface area contributed by atoms with Crippen molar-refractivity contribution in [1.29, 1.82) is 0 Å². The lowest BCUT2D eigenvalue weighted by molar-refractivity contribution is 0.0592. The van der Waals surface area contributed by atoms with E-state index in [4.69, 9.17) is 10.5 Å². The highest BCUT2D eigenvalue weighted by Crippen LogP contribution is 2.45. The Morgan fingerprint density at radius 2 is 2.05 bits per heavy atom. The predicted molar refractivity (Wildman–Crippen MR) is 71.2 cm³/mol. The van der Waals surface area contributed by atoms with Gasteiger partial charge in [0.05, 0.1) is 12.8 Å². The molecule has 1 aliphatic carbocycles. The average Bonchev–Trinajstić information content (AvgIpc) is 3.23. The molecule has 1 aromatic carbocycles. The molecule has 1 aromatic heterocycles. The number of halogens is 1. The van der Waals surface area contributed by atoms with E-state index < -0.39 is 5.97 Å². The summed E-state index contributed by atoms with van der Waals surface area (Å²) in [5, 5.41) is 4.24. The summed E-state index contributed by atoms with van der Waals surface area (Å²) in [6.45, 7) is 0. The van der Waals surface area contributed by atoms with Crippen LogP contribution in [0, 0.1) is 5.82 Å². The fourth-order valence-corrected chi connectivity index (χ4v) is 2.24. The van der Waals surface area contributed by atoms with E-state index in [0.717, 1.165) is 18.4 Å². The monoisotopic (exact) mass is 275 g/mol. The highest BCUT2D eigenvalue weighted by molar-refractivity contribution is 5.91. The van der Waals surface area contributed by atoms with Crippen LogP contribution in [0.25, 0.3) is 5.69 Å². The lowest BCUT2D eigenvalue weighted by Crippen LogP contribution is -2.06. The number of benzene rings is 1. The molecule has 0 aliphatic heterocycles. The highest BCUT2D eigenvalue weighted by atomic mass is 19.1. The van der Waals surface area contributed by atoms with Crippen LogP contribution < -0.4 is 5.73 Å². The zero-order valence-electron chi connectivity index (χ0n) is 11.0. The summed E-state index contributed by atoms with van der Waals surface area (Å²) < 4.78 is 19.2. The number of carbonyl (C=O) groups is 1. The summed E-state index contributed by atoms with van der Waals surface area (Å²) in [6.07, 6.45) is 1.98. The molecule has 2 aromatic rings. The third kappa shape index (κ3) is 2.03. The van der Waals surface area contributed by atoms with Gasteiger partial charge in [-0.15, -0.1) is 0 Å². The highest BCUT2D eigenvalue weighted by Gasteiger charge is 2.34. The molecule has 6 heteroatoms. The van der Waals surface area contributed by atoms with Crippen LogP contribution in [-0.2, 0) is 4.74 Å². The van der Waals surface area contributed by atoms with Gasteiger partial charge in [-0.1, -0.05) is 0 Å². The van der Waals surface area contributed by atoms with Crippen molar-refractivity contribution in [3.63, 3.8) is 0 Å². The number of carbonyl (C=O) groups excluding carboxylic acids is 1. The number of esters is 1. The SMILES string of the molecule is COC(=O)c1nn(-c2ccc(F)cc2)c(N)c1C1CC1. The lowest BCUT2D eigenvalue weighted by Gasteiger charge is -2.04. The molecular weight excluding hydrogens is 261 g/mol. The van der Waals surface area contributed by atoms with Gasteiger partial charge in [-0.25, -0.2) is 13.9 Å². The number of hydrogen-bond acceptors (Lipinski definition) is 4. The molecule has 0 spiro atoms. The van der Waals surface area contributed by atoms with Crippen molar-refractivity contribution >= 4 is 11.8 Å². The van der Waals surface area contributed by atoms with Crippen LogP contribution in [0.2, 0.25) is 0 Å². The second kappa shape index (κ2) is 4.63. The van der Waals surface area contributed by atoms with Crippen LogP contribution in [0.4, 0.5) is 10.2 Å². The van der Waals surface area contributed by atoms with Crippen molar-refractivity contribution in [3.05, 3.63) is 41.3 Å². The quantitative estimate of drug-likeness (QED) is 0.872. The van der Waals surface area contributed by atoms with E-state index in [9.17, 15) is 9.18 Å². The minimum Gasteiger partial charge on any atom is -0.464 e. The molecule has 0 atom stereocenters. The Hall–Kier alpha value is -2.37. The molecule has 1 fully saturated rings. The molecule has 0 amide bonds. The molecule has 1 aliphatic rings.